The van der Waals surface area contributed by atoms with Gasteiger partial charge < -0.3 is 10.5 Å². The number of thioether (sulfide) groups is 1. The Morgan fingerprint density at radius 2 is 2.24 bits per heavy atom. The zero-order chi connectivity index (χ0) is 15.5. The van der Waals surface area contributed by atoms with E-state index in [-0.39, 0.29) is 22.7 Å². The average Bonchev–Trinajstić information content (AvgIpc) is 3.18. The fraction of sp³-hybridized carbons (Fsp3) is 0.562. The molecule has 0 bridgehead atoms. The third-order valence-corrected chi connectivity index (χ3v) is 6.26. The molecule has 2 N–H and O–H groups in total. The molecule has 0 amide bonds. The summed E-state index contributed by atoms with van der Waals surface area (Å²) in [6.07, 6.45) is 2.75. The van der Waals surface area contributed by atoms with Gasteiger partial charge in [-0.05, 0) is 42.9 Å². The van der Waals surface area contributed by atoms with Gasteiger partial charge in [-0.15, -0.1) is 0 Å². The van der Waals surface area contributed by atoms with E-state index in [0.717, 1.165) is 23.1 Å². The number of carbonyl (C=O) groups excluding carboxylic acids is 1. The van der Waals surface area contributed by atoms with Gasteiger partial charge in [0.2, 0.25) is 0 Å². The van der Waals surface area contributed by atoms with Crippen LogP contribution in [0.4, 0.5) is 0 Å². The van der Waals surface area contributed by atoms with Crippen LogP contribution in [-0.4, -0.2) is 24.9 Å². The van der Waals surface area contributed by atoms with Gasteiger partial charge in [-0.2, -0.15) is 11.8 Å². The molecular formula is C16H22BrNO2S. The summed E-state index contributed by atoms with van der Waals surface area (Å²) in [6, 6.07) is 8.37. The number of ether oxygens (including phenoxy) is 1. The van der Waals surface area contributed by atoms with E-state index in [4.69, 9.17) is 10.5 Å². The molecule has 1 aliphatic rings. The summed E-state index contributed by atoms with van der Waals surface area (Å²) in [5.74, 6) is 0.855. The topological polar surface area (TPSA) is 52.3 Å². The number of halogens is 1. The van der Waals surface area contributed by atoms with Crippen LogP contribution in [-0.2, 0) is 9.53 Å². The van der Waals surface area contributed by atoms with Gasteiger partial charge in [-0.25, -0.2) is 0 Å². The van der Waals surface area contributed by atoms with E-state index < -0.39 is 0 Å². The van der Waals surface area contributed by atoms with Crippen LogP contribution < -0.4 is 5.73 Å². The van der Waals surface area contributed by atoms with E-state index in [1.54, 1.807) is 0 Å². The van der Waals surface area contributed by atoms with Gasteiger partial charge in [0.15, 0.2) is 0 Å². The molecule has 0 spiro atoms. The predicted molar refractivity (Wildman–Crippen MR) is 91.3 cm³/mol. The van der Waals surface area contributed by atoms with Crippen LogP contribution >= 0.6 is 27.7 Å². The number of nitrogens with two attached hydrogens (primary N) is 1. The highest BCUT2D eigenvalue weighted by Gasteiger charge is 2.45. The minimum absolute atomic E-state index is 0.0678. The molecule has 1 fully saturated rings. The van der Waals surface area contributed by atoms with Gasteiger partial charge >= 0.3 is 5.97 Å². The van der Waals surface area contributed by atoms with Gasteiger partial charge in [0.1, 0.15) is 0 Å². The SMILES string of the molecule is COC(=O)CC1(CSC(c2cccc(Br)c2)C(C)N)CC1. The number of rotatable bonds is 7. The summed E-state index contributed by atoms with van der Waals surface area (Å²) in [4.78, 5) is 11.5. The highest BCUT2D eigenvalue weighted by atomic mass is 79.9. The Labute approximate surface area is 139 Å². The van der Waals surface area contributed by atoms with Gasteiger partial charge in [-0.1, -0.05) is 28.1 Å². The molecule has 0 aromatic heterocycles. The normalized spacial score (nSPS) is 18.9. The molecule has 0 heterocycles. The molecule has 0 saturated heterocycles. The maximum Gasteiger partial charge on any atom is 0.306 e. The van der Waals surface area contributed by atoms with Crippen LogP contribution in [0, 0.1) is 5.41 Å². The second kappa shape index (κ2) is 7.16. The van der Waals surface area contributed by atoms with Crippen molar-refractivity contribution in [2.45, 2.75) is 37.5 Å². The first-order valence-electron chi connectivity index (χ1n) is 7.15. The van der Waals surface area contributed by atoms with Crippen molar-refractivity contribution in [3.8, 4) is 0 Å². The van der Waals surface area contributed by atoms with Crippen LogP contribution in [0.5, 0.6) is 0 Å². The Kier molecular flexibility index (Phi) is 5.74. The van der Waals surface area contributed by atoms with Crippen LogP contribution in [0.15, 0.2) is 28.7 Å². The maximum absolute atomic E-state index is 11.5. The first-order valence-corrected chi connectivity index (χ1v) is 8.99. The average molecular weight is 372 g/mol. The molecule has 116 valence electrons. The van der Waals surface area contributed by atoms with Crippen molar-refractivity contribution in [2.75, 3.05) is 12.9 Å². The molecule has 0 radical (unpaired) electrons. The fourth-order valence-electron chi connectivity index (χ4n) is 2.43. The zero-order valence-electron chi connectivity index (χ0n) is 12.5. The molecule has 2 unspecified atom stereocenters. The minimum atomic E-state index is -0.104. The van der Waals surface area contributed by atoms with E-state index in [9.17, 15) is 4.79 Å². The number of carbonyl (C=O) groups is 1. The molecule has 5 heteroatoms. The Morgan fingerprint density at radius 3 is 2.76 bits per heavy atom. The Hall–Kier alpha value is -0.520. The maximum atomic E-state index is 11.5. The first-order chi connectivity index (χ1) is 9.96. The first kappa shape index (κ1) is 16.8. The van der Waals surface area contributed by atoms with Crippen molar-refractivity contribution in [1.29, 1.82) is 0 Å². The molecule has 1 aromatic rings. The van der Waals surface area contributed by atoms with Crippen molar-refractivity contribution in [1.82, 2.24) is 0 Å². The lowest BCUT2D eigenvalue weighted by molar-refractivity contribution is -0.141. The van der Waals surface area contributed by atoms with Crippen molar-refractivity contribution in [3.63, 3.8) is 0 Å². The van der Waals surface area contributed by atoms with Gasteiger partial charge in [0.05, 0.1) is 13.5 Å². The Morgan fingerprint density at radius 1 is 1.52 bits per heavy atom. The smallest absolute Gasteiger partial charge is 0.306 e. The largest absolute Gasteiger partial charge is 0.469 e. The lowest BCUT2D eigenvalue weighted by Crippen LogP contribution is -2.24. The van der Waals surface area contributed by atoms with Gasteiger partial charge in [0.25, 0.3) is 0 Å². The summed E-state index contributed by atoms with van der Waals surface area (Å²) in [5, 5.41) is 0.248. The highest BCUT2D eigenvalue weighted by molar-refractivity contribution is 9.10. The molecule has 3 nitrogen and oxygen atoms in total. The number of hydrogen-bond donors (Lipinski definition) is 1. The second-order valence-electron chi connectivity index (χ2n) is 5.90. The molecular weight excluding hydrogens is 350 g/mol. The van der Waals surface area contributed by atoms with Crippen LogP contribution in [0.1, 0.15) is 37.0 Å². The van der Waals surface area contributed by atoms with Gasteiger partial charge in [0, 0.05) is 21.5 Å². The summed E-state index contributed by atoms with van der Waals surface area (Å²) >= 11 is 5.37. The molecule has 1 aromatic carbocycles. The van der Waals surface area contributed by atoms with Crippen LogP contribution in [0.2, 0.25) is 0 Å². The number of methoxy groups -OCH3 is 1. The van der Waals surface area contributed by atoms with E-state index in [1.807, 2.05) is 30.8 Å². The Bertz CT molecular complexity index is 503. The molecule has 21 heavy (non-hydrogen) atoms. The second-order valence-corrected chi connectivity index (χ2v) is 7.94. The third kappa shape index (κ3) is 4.73. The van der Waals surface area contributed by atoms with Crippen molar-refractivity contribution >= 4 is 33.7 Å². The molecule has 2 rings (SSSR count). The summed E-state index contributed by atoms with van der Waals surface area (Å²) in [7, 11) is 1.46. The number of benzene rings is 1. The fourth-order valence-corrected chi connectivity index (χ4v) is 4.41. The van der Waals surface area contributed by atoms with Crippen LogP contribution in [0.25, 0.3) is 0 Å². The summed E-state index contributed by atoms with van der Waals surface area (Å²) in [6.45, 7) is 2.04. The number of esters is 1. The minimum Gasteiger partial charge on any atom is -0.469 e. The predicted octanol–water partition coefficient (Wildman–Crippen LogP) is 3.91. The monoisotopic (exact) mass is 371 g/mol. The third-order valence-electron chi connectivity index (χ3n) is 3.93. The van der Waals surface area contributed by atoms with E-state index in [0.29, 0.717) is 6.42 Å². The standard InChI is InChI=1S/C16H22BrNO2S/c1-11(18)15(12-4-3-5-13(17)8-12)21-10-16(6-7-16)9-14(19)20-2/h3-5,8,11,15H,6-7,9-10,18H2,1-2H3. The van der Waals surface area contributed by atoms with E-state index in [1.165, 1.54) is 12.7 Å². The quantitative estimate of drug-likeness (QED) is 0.738. The summed E-state index contributed by atoms with van der Waals surface area (Å²) in [5.41, 5.74) is 7.54. The van der Waals surface area contributed by atoms with Crippen molar-refractivity contribution in [2.24, 2.45) is 11.1 Å². The Balaban J connectivity index is 2.00. The van der Waals surface area contributed by atoms with Crippen LogP contribution in [0.3, 0.4) is 0 Å². The lowest BCUT2D eigenvalue weighted by atomic mass is 10.1. The van der Waals surface area contributed by atoms with Crippen molar-refractivity contribution < 1.29 is 9.53 Å². The van der Waals surface area contributed by atoms with Crippen molar-refractivity contribution in [3.05, 3.63) is 34.3 Å². The molecule has 1 saturated carbocycles. The highest BCUT2D eigenvalue weighted by Crippen LogP contribution is 2.53. The number of hydrogen-bond acceptors (Lipinski definition) is 4. The zero-order valence-corrected chi connectivity index (χ0v) is 14.9. The molecule has 0 aliphatic heterocycles. The lowest BCUT2D eigenvalue weighted by Gasteiger charge is -2.23. The van der Waals surface area contributed by atoms with E-state index in [2.05, 4.69) is 28.1 Å². The van der Waals surface area contributed by atoms with Gasteiger partial charge in [-0.3, -0.25) is 4.79 Å². The molecule has 1 aliphatic carbocycles. The summed E-state index contributed by atoms with van der Waals surface area (Å²) < 4.78 is 5.87. The molecule has 2 atom stereocenters. The van der Waals surface area contributed by atoms with E-state index >= 15 is 0 Å².